The number of amides is 1. The molecule has 1 aromatic carbocycles. The number of hydrazine groups is 2. The van der Waals surface area contributed by atoms with Gasteiger partial charge in [-0.15, -0.1) is 0 Å². The van der Waals surface area contributed by atoms with Crippen LogP contribution in [0.2, 0.25) is 0 Å². The summed E-state index contributed by atoms with van der Waals surface area (Å²) in [6, 6.07) is 5.64. The van der Waals surface area contributed by atoms with Crippen molar-refractivity contribution in [1.29, 1.82) is 0 Å². The molecule has 0 spiro atoms. The summed E-state index contributed by atoms with van der Waals surface area (Å²) in [5.74, 6) is 1.45. The second-order valence-electron chi connectivity index (χ2n) is 5.07. The summed E-state index contributed by atoms with van der Waals surface area (Å²) >= 11 is 0. The topological polar surface area (TPSA) is 74.3 Å². The Morgan fingerprint density at radius 3 is 2.67 bits per heavy atom. The van der Waals surface area contributed by atoms with Gasteiger partial charge < -0.3 is 14.6 Å². The molecule has 2 aliphatic rings. The summed E-state index contributed by atoms with van der Waals surface area (Å²) in [5, 5.41) is 12.3. The molecular formula is C14H19N3O4. The number of nitrogens with one attached hydrogen (secondary N) is 1. The molecule has 1 aromatic rings. The molecule has 0 aromatic heterocycles. The Hall–Kier alpha value is -1.99. The van der Waals surface area contributed by atoms with Gasteiger partial charge in [0, 0.05) is 19.6 Å². The summed E-state index contributed by atoms with van der Waals surface area (Å²) in [5.41, 5.74) is 3.90. The second kappa shape index (κ2) is 6.19. The number of hydrogen-bond donors (Lipinski definition) is 2. The number of nitrogens with zero attached hydrogens (tertiary/aromatic N) is 2. The average Bonchev–Trinajstić information content (AvgIpc) is 3.01. The Morgan fingerprint density at radius 1 is 1.24 bits per heavy atom. The largest absolute Gasteiger partial charge is 0.486 e. The van der Waals surface area contributed by atoms with Crippen LogP contribution in [-0.2, 0) is 6.54 Å². The fraction of sp³-hybridized carbons (Fsp3) is 0.500. The molecule has 0 atom stereocenters. The van der Waals surface area contributed by atoms with E-state index in [1.165, 1.54) is 5.12 Å². The first kappa shape index (κ1) is 14.0. The van der Waals surface area contributed by atoms with Crippen molar-refractivity contribution in [1.82, 2.24) is 15.6 Å². The summed E-state index contributed by atoms with van der Waals surface area (Å²) in [7, 11) is 0. The van der Waals surface area contributed by atoms with E-state index in [4.69, 9.17) is 9.47 Å². The van der Waals surface area contributed by atoms with Crippen molar-refractivity contribution in [2.75, 3.05) is 26.3 Å². The number of benzene rings is 1. The van der Waals surface area contributed by atoms with Gasteiger partial charge in [-0.1, -0.05) is 6.07 Å². The van der Waals surface area contributed by atoms with Crippen LogP contribution < -0.4 is 14.9 Å². The van der Waals surface area contributed by atoms with Crippen LogP contribution in [0.25, 0.3) is 0 Å². The molecule has 21 heavy (non-hydrogen) atoms. The maximum absolute atomic E-state index is 11.3. The number of fused-ring (bicyclic) bond motifs is 1. The van der Waals surface area contributed by atoms with Gasteiger partial charge in [0.1, 0.15) is 13.2 Å². The van der Waals surface area contributed by atoms with E-state index in [1.807, 2.05) is 18.2 Å². The highest BCUT2D eigenvalue weighted by atomic mass is 16.6. The summed E-state index contributed by atoms with van der Waals surface area (Å²) in [6.07, 6.45) is 1.06. The van der Waals surface area contributed by atoms with Gasteiger partial charge in [0.15, 0.2) is 11.5 Å². The highest BCUT2D eigenvalue weighted by Gasteiger charge is 2.23. The van der Waals surface area contributed by atoms with E-state index in [9.17, 15) is 9.90 Å². The standard InChI is InChI=1S/C14H19N3O4/c18-14(19)17(16-5-1-2-6-16)15-10-11-3-4-12-13(9-11)21-8-7-20-12/h3-4,9,15H,1-2,5-8,10H2,(H,18,19). The fourth-order valence-electron chi connectivity index (χ4n) is 2.55. The van der Waals surface area contributed by atoms with E-state index in [0.717, 1.165) is 37.2 Å². The van der Waals surface area contributed by atoms with Gasteiger partial charge in [0.05, 0.1) is 0 Å². The summed E-state index contributed by atoms with van der Waals surface area (Å²) in [6.45, 7) is 3.05. The lowest BCUT2D eigenvalue weighted by atomic mass is 10.2. The third-order valence-corrected chi connectivity index (χ3v) is 3.59. The molecule has 1 saturated heterocycles. The summed E-state index contributed by atoms with van der Waals surface area (Å²) in [4.78, 5) is 11.3. The minimum Gasteiger partial charge on any atom is -0.486 e. The van der Waals surface area contributed by atoms with Gasteiger partial charge in [-0.05, 0) is 30.5 Å². The fourth-order valence-corrected chi connectivity index (χ4v) is 2.55. The van der Waals surface area contributed by atoms with Crippen molar-refractivity contribution in [3.8, 4) is 11.5 Å². The molecule has 2 aliphatic heterocycles. The third kappa shape index (κ3) is 3.20. The van der Waals surface area contributed by atoms with Gasteiger partial charge in [-0.2, -0.15) is 5.12 Å². The quantitative estimate of drug-likeness (QED) is 0.819. The van der Waals surface area contributed by atoms with Crippen LogP contribution in [0.3, 0.4) is 0 Å². The van der Waals surface area contributed by atoms with E-state index >= 15 is 0 Å². The molecule has 2 N–H and O–H groups in total. The second-order valence-corrected chi connectivity index (χ2v) is 5.07. The maximum Gasteiger partial charge on any atom is 0.437 e. The van der Waals surface area contributed by atoms with Crippen molar-refractivity contribution in [3.05, 3.63) is 23.8 Å². The Kier molecular flexibility index (Phi) is 4.12. The molecular weight excluding hydrogens is 274 g/mol. The van der Waals surface area contributed by atoms with E-state index in [1.54, 1.807) is 5.01 Å². The zero-order valence-corrected chi connectivity index (χ0v) is 11.7. The Labute approximate surface area is 123 Å². The molecule has 2 heterocycles. The van der Waals surface area contributed by atoms with Gasteiger partial charge in [-0.25, -0.2) is 15.2 Å². The van der Waals surface area contributed by atoms with Crippen LogP contribution in [0.15, 0.2) is 18.2 Å². The van der Waals surface area contributed by atoms with Crippen LogP contribution in [0.4, 0.5) is 4.79 Å². The van der Waals surface area contributed by atoms with Gasteiger partial charge >= 0.3 is 6.09 Å². The zero-order chi connectivity index (χ0) is 14.7. The van der Waals surface area contributed by atoms with Gasteiger partial charge in [0.25, 0.3) is 0 Å². The van der Waals surface area contributed by atoms with Gasteiger partial charge in [-0.3, -0.25) is 0 Å². The first-order valence-corrected chi connectivity index (χ1v) is 7.14. The van der Waals surface area contributed by atoms with E-state index < -0.39 is 6.09 Å². The molecule has 0 unspecified atom stereocenters. The lowest BCUT2D eigenvalue weighted by Crippen LogP contribution is -2.52. The molecule has 7 heteroatoms. The van der Waals surface area contributed by atoms with Crippen LogP contribution >= 0.6 is 0 Å². The van der Waals surface area contributed by atoms with Crippen molar-refractivity contribution in [2.24, 2.45) is 0 Å². The van der Waals surface area contributed by atoms with E-state index in [2.05, 4.69) is 5.43 Å². The number of carbonyl (C=O) groups is 1. The minimum atomic E-state index is -0.991. The molecule has 3 rings (SSSR count). The van der Waals surface area contributed by atoms with Crippen molar-refractivity contribution in [2.45, 2.75) is 19.4 Å². The highest BCUT2D eigenvalue weighted by molar-refractivity contribution is 5.63. The van der Waals surface area contributed by atoms with Crippen LogP contribution in [0, 0.1) is 0 Å². The van der Waals surface area contributed by atoms with Crippen molar-refractivity contribution in [3.63, 3.8) is 0 Å². The number of ether oxygens (including phenoxy) is 2. The molecule has 1 amide bonds. The first-order valence-electron chi connectivity index (χ1n) is 7.14. The maximum atomic E-state index is 11.3. The minimum absolute atomic E-state index is 0.416. The average molecular weight is 293 g/mol. The predicted molar refractivity (Wildman–Crippen MR) is 74.9 cm³/mol. The monoisotopic (exact) mass is 293 g/mol. The molecule has 0 aliphatic carbocycles. The lowest BCUT2D eigenvalue weighted by molar-refractivity contribution is -0.0327. The Morgan fingerprint density at radius 2 is 1.95 bits per heavy atom. The van der Waals surface area contributed by atoms with Crippen molar-refractivity contribution < 1.29 is 19.4 Å². The SMILES string of the molecule is O=C(O)N(NCc1ccc2c(c1)OCCO2)N1CCCC1. The zero-order valence-electron chi connectivity index (χ0n) is 11.7. The van der Waals surface area contributed by atoms with Gasteiger partial charge in [0.2, 0.25) is 0 Å². The number of carboxylic acid groups (broad SMARTS) is 1. The molecule has 7 nitrogen and oxygen atoms in total. The number of rotatable bonds is 4. The molecule has 0 saturated carbocycles. The van der Waals surface area contributed by atoms with Crippen molar-refractivity contribution >= 4 is 6.09 Å². The Bertz CT molecular complexity index is 517. The molecule has 1 fully saturated rings. The lowest BCUT2D eigenvalue weighted by Gasteiger charge is -2.29. The van der Waals surface area contributed by atoms with E-state index in [-0.39, 0.29) is 0 Å². The number of hydrogen-bond acceptors (Lipinski definition) is 5. The van der Waals surface area contributed by atoms with Crippen LogP contribution in [-0.4, -0.2) is 47.6 Å². The summed E-state index contributed by atoms with van der Waals surface area (Å²) < 4.78 is 11.0. The van der Waals surface area contributed by atoms with Crippen LogP contribution in [0.1, 0.15) is 18.4 Å². The molecule has 114 valence electrons. The highest BCUT2D eigenvalue weighted by Crippen LogP contribution is 2.30. The first-order chi connectivity index (χ1) is 10.2. The van der Waals surface area contributed by atoms with Crippen LogP contribution in [0.5, 0.6) is 11.5 Å². The normalized spacial score (nSPS) is 17.7. The Balaban J connectivity index is 1.64. The molecule has 0 radical (unpaired) electrons. The molecule has 0 bridgehead atoms. The predicted octanol–water partition coefficient (Wildman–Crippen LogP) is 1.45. The van der Waals surface area contributed by atoms with E-state index in [0.29, 0.717) is 25.5 Å². The third-order valence-electron chi connectivity index (χ3n) is 3.59. The smallest absolute Gasteiger partial charge is 0.437 e.